The van der Waals surface area contributed by atoms with Crippen molar-refractivity contribution in [2.45, 2.75) is 12.3 Å². The van der Waals surface area contributed by atoms with Crippen LogP contribution in [0.5, 0.6) is 0 Å². The molecule has 2 aromatic carbocycles. The van der Waals surface area contributed by atoms with Crippen molar-refractivity contribution in [2.24, 2.45) is 0 Å². The Balaban J connectivity index is 2.05. The number of rotatable bonds is 6. The van der Waals surface area contributed by atoms with E-state index in [4.69, 9.17) is 0 Å². The molecule has 0 spiro atoms. The van der Waals surface area contributed by atoms with Gasteiger partial charge in [0.05, 0.1) is 12.0 Å². The lowest BCUT2D eigenvalue weighted by Gasteiger charge is -2.16. The molecule has 0 saturated carbocycles. The van der Waals surface area contributed by atoms with Crippen LogP contribution in [0.1, 0.15) is 23.5 Å². The van der Waals surface area contributed by atoms with E-state index >= 15 is 0 Å². The standard InChI is InChI=1S/C19H16N2O5/c1-26-19(23)18(22)10-15(12-6-8-13(9-7-12)21(24)25)16-11-20-17-5-3-2-4-14(16)17/h2-9,11,15,20H,10H2,1H3/t15-/m1/s1. The molecule has 0 aliphatic rings. The van der Waals surface area contributed by atoms with Gasteiger partial charge in [0.2, 0.25) is 5.78 Å². The highest BCUT2D eigenvalue weighted by Gasteiger charge is 2.25. The molecule has 1 aromatic heterocycles. The topological polar surface area (TPSA) is 102 Å². The fraction of sp³-hybridized carbons (Fsp3) is 0.158. The van der Waals surface area contributed by atoms with Crippen LogP contribution in [-0.4, -0.2) is 28.8 Å². The zero-order valence-corrected chi connectivity index (χ0v) is 14.0. The van der Waals surface area contributed by atoms with Crippen LogP contribution < -0.4 is 0 Å². The fourth-order valence-electron chi connectivity index (χ4n) is 3.00. The number of carbonyl (C=O) groups is 2. The van der Waals surface area contributed by atoms with Gasteiger partial charge in [-0.1, -0.05) is 30.3 Å². The predicted molar refractivity (Wildman–Crippen MR) is 94.9 cm³/mol. The number of ether oxygens (including phenoxy) is 1. The lowest BCUT2D eigenvalue weighted by molar-refractivity contribution is -0.384. The number of esters is 1. The van der Waals surface area contributed by atoms with E-state index in [1.54, 1.807) is 18.3 Å². The number of nitro groups is 1. The number of aromatic amines is 1. The molecule has 7 heteroatoms. The fourth-order valence-corrected chi connectivity index (χ4v) is 3.00. The van der Waals surface area contributed by atoms with E-state index in [0.29, 0.717) is 5.56 Å². The highest BCUT2D eigenvalue weighted by Crippen LogP contribution is 2.34. The number of non-ortho nitro benzene ring substituents is 1. The van der Waals surface area contributed by atoms with Gasteiger partial charge in [0.25, 0.3) is 5.69 Å². The summed E-state index contributed by atoms with van der Waals surface area (Å²) in [6.45, 7) is 0. The van der Waals surface area contributed by atoms with Crippen molar-refractivity contribution < 1.29 is 19.2 Å². The van der Waals surface area contributed by atoms with Gasteiger partial charge in [-0.15, -0.1) is 0 Å². The number of para-hydroxylation sites is 1. The number of H-pyrrole nitrogens is 1. The number of aromatic nitrogens is 1. The molecule has 0 radical (unpaired) electrons. The van der Waals surface area contributed by atoms with E-state index in [0.717, 1.165) is 23.6 Å². The van der Waals surface area contributed by atoms with Crippen molar-refractivity contribution in [3.8, 4) is 0 Å². The second kappa shape index (κ2) is 7.18. The minimum absolute atomic E-state index is 0.0364. The van der Waals surface area contributed by atoms with Crippen molar-refractivity contribution in [3.05, 3.63) is 76.0 Å². The second-order valence-corrected chi connectivity index (χ2v) is 5.81. The maximum atomic E-state index is 12.2. The first-order chi connectivity index (χ1) is 12.5. The van der Waals surface area contributed by atoms with Gasteiger partial charge in [-0.05, 0) is 17.2 Å². The lowest BCUT2D eigenvalue weighted by atomic mass is 9.86. The third-order valence-electron chi connectivity index (χ3n) is 4.31. The maximum absolute atomic E-state index is 12.2. The highest BCUT2D eigenvalue weighted by atomic mass is 16.6. The van der Waals surface area contributed by atoms with Gasteiger partial charge in [0, 0.05) is 41.6 Å². The van der Waals surface area contributed by atoms with Gasteiger partial charge in [-0.3, -0.25) is 14.9 Å². The number of nitrogens with one attached hydrogen (secondary N) is 1. The minimum atomic E-state index is -0.906. The van der Waals surface area contributed by atoms with Crippen molar-refractivity contribution in [1.29, 1.82) is 0 Å². The average molecular weight is 352 g/mol. The number of ketones is 1. The normalized spacial score (nSPS) is 11.9. The Morgan fingerprint density at radius 3 is 2.50 bits per heavy atom. The molecule has 7 nitrogen and oxygen atoms in total. The number of nitrogens with zero attached hydrogens (tertiary/aromatic N) is 1. The van der Waals surface area contributed by atoms with Gasteiger partial charge >= 0.3 is 5.97 Å². The van der Waals surface area contributed by atoms with E-state index in [2.05, 4.69) is 9.72 Å². The third-order valence-corrected chi connectivity index (χ3v) is 4.31. The van der Waals surface area contributed by atoms with Crippen molar-refractivity contribution in [1.82, 2.24) is 4.98 Å². The summed E-state index contributed by atoms with van der Waals surface area (Å²) >= 11 is 0. The molecule has 3 rings (SSSR count). The van der Waals surface area contributed by atoms with Crippen LogP contribution in [0.15, 0.2) is 54.7 Å². The Bertz CT molecular complexity index is 975. The smallest absolute Gasteiger partial charge is 0.374 e. The molecule has 0 aliphatic heterocycles. The molecule has 26 heavy (non-hydrogen) atoms. The van der Waals surface area contributed by atoms with E-state index in [-0.39, 0.29) is 12.1 Å². The summed E-state index contributed by atoms with van der Waals surface area (Å²) in [4.78, 5) is 37.3. The Hall–Kier alpha value is -3.48. The Labute approximate surface area is 148 Å². The monoisotopic (exact) mass is 352 g/mol. The largest absolute Gasteiger partial charge is 0.463 e. The van der Waals surface area contributed by atoms with E-state index in [1.807, 2.05) is 24.3 Å². The molecule has 0 saturated heterocycles. The molecule has 1 N–H and O–H groups in total. The Kier molecular flexibility index (Phi) is 4.79. The van der Waals surface area contributed by atoms with Gasteiger partial charge < -0.3 is 9.72 Å². The van der Waals surface area contributed by atoms with Crippen molar-refractivity contribution >= 4 is 28.3 Å². The zero-order chi connectivity index (χ0) is 18.7. The van der Waals surface area contributed by atoms with Crippen LogP contribution in [0.4, 0.5) is 5.69 Å². The average Bonchev–Trinajstić information content (AvgIpc) is 3.09. The molecule has 3 aromatic rings. The van der Waals surface area contributed by atoms with Gasteiger partial charge in [0.15, 0.2) is 0 Å². The van der Waals surface area contributed by atoms with Gasteiger partial charge in [-0.25, -0.2) is 4.79 Å². The number of methoxy groups -OCH3 is 1. The van der Waals surface area contributed by atoms with Crippen LogP contribution in [0.3, 0.4) is 0 Å². The summed E-state index contributed by atoms with van der Waals surface area (Å²) in [5.41, 5.74) is 2.41. The van der Waals surface area contributed by atoms with Crippen LogP contribution >= 0.6 is 0 Å². The van der Waals surface area contributed by atoms with Crippen molar-refractivity contribution in [3.63, 3.8) is 0 Å². The number of hydrogen-bond donors (Lipinski definition) is 1. The van der Waals surface area contributed by atoms with E-state index < -0.39 is 22.6 Å². The predicted octanol–water partition coefficient (Wildman–Crippen LogP) is 3.34. The first-order valence-corrected chi connectivity index (χ1v) is 7.92. The van der Waals surface area contributed by atoms with E-state index in [1.165, 1.54) is 12.1 Å². The van der Waals surface area contributed by atoms with E-state index in [9.17, 15) is 19.7 Å². The van der Waals surface area contributed by atoms with Crippen molar-refractivity contribution in [2.75, 3.05) is 7.11 Å². The highest BCUT2D eigenvalue weighted by molar-refractivity contribution is 6.33. The Morgan fingerprint density at radius 2 is 1.85 bits per heavy atom. The van der Waals surface area contributed by atoms with Crippen LogP contribution in [0.2, 0.25) is 0 Å². The number of benzene rings is 2. The first-order valence-electron chi connectivity index (χ1n) is 7.92. The Morgan fingerprint density at radius 1 is 1.15 bits per heavy atom. The molecule has 0 aliphatic carbocycles. The summed E-state index contributed by atoms with van der Waals surface area (Å²) in [6.07, 6.45) is 1.70. The van der Waals surface area contributed by atoms with Gasteiger partial charge in [-0.2, -0.15) is 0 Å². The molecule has 132 valence electrons. The molecular weight excluding hydrogens is 336 g/mol. The summed E-state index contributed by atoms with van der Waals surface area (Å²) in [7, 11) is 1.16. The van der Waals surface area contributed by atoms with Crippen LogP contribution in [0.25, 0.3) is 10.9 Å². The summed E-state index contributed by atoms with van der Waals surface area (Å²) in [5.74, 6) is -1.99. The molecule has 1 atom stereocenters. The maximum Gasteiger partial charge on any atom is 0.374 e. The summed E-state index contributed by atoms with van der Waals surface area (Å²) in [6, 6.07) is 13.6. The molecule has 0 unspecified atom stereocenters. The molecule has 0 bridgehead atoms. The minimum Gasteiger partial charge on any atom is -0.463 e. The van der Waals surface area contributed by atoms with Crippen LogP contribution in [0, 0.1) is 10.1 Å². The van der Waals surface area contributed by atoms with Gasteiger partial charge in [0.1, 0.15) is 0 Å². The number of carbonyl (C=O) groups excluding carboxylic acids is 2. The first kappa shape index (κ1) is 17.3. The molecule has 0 fully saturated rings. The molecule has 0 amide bonds. The molecule has 1 heterocycles. The summed E-state index contributed by atoms with van der Waals surface area (Å²) in [5, 5.41) is 11.8. The van der Waals surface area contributed by atoms with Crippen LogP contribution in [-0.2, 0) is 14.3 Å². The molecular formula is C19H16N2O5. The SMILES string of the molecule is COC(=O)C(=O)C[C@H](c1ccc([N+](=O)[O-])cc1)c1c[nH]c2ccccc12. The number of hydrogen-bond acceptors (Lipinski definition) is 5. The summed E-state index contributed by atoms with van der Waals surface area (Å²) < 4.78 is 4.52. The second-order valence-electron chi connectivity index (χ2n) is 5.81. The third kappa shape index (κ3) is 3.32. The number of Topliss-reactive ketones (excluding diaryl/α,β-unsaturated/α-hetero) is 1. The lowest BCUT2D eigenvalue weighted by Crippen LogP contribution is -2.19. The zero-order valence-electron chi connectivity index (χ0n) is 14.0. The number of nitro benzene ring substituents is 1. The number of fused-ring (bicyclic) bond motifs is 1. The quantitative estimate of drug-likeness (QED) is 0.317.